The van der Waals surface area contributed by atoms with Crippen molar-refractivity contribution in [3.63, 3.8) is 0 Å². The van der Waals surface area contributed by atoms with Crippen LogP contribution in [0.4, 0.5) is 0 Å². The number of nitrogens with one attached hydrogen (secondary N) is 1. The third-order valence-corrected chi connectivity index (χ3v) is 3.35. The number of nitrogens with zero attached hydrogens (tertiary/aromatic N) is 1. The first-order valence-corrected chi connectivity index (χ1v) is 6.67. The van der Waals surface area contributed by atoms with Crippen LogP contribution in [0.1, 0.15) is 35.7 Å². The van der Waals surface area contributed by atoms with Crippen LogP contribution in [-0.2, 0) is 4.74 Å². The third-order valence-electron chi connectivity index (χ3n) is 3.35. The molecule has 0 bridgehead atoms. The van der Waals surface area contributed by atoms with E-state index < -0.39 is 0 Å². The van der Waals surface area contributed by atoms with Gasteiger partial charge in [-0.05, 0) is 25.8 Å². The molecule has 1 aliphatic heterocycles. The summed E-state index contributed by atoms with van der Waals surface area (Å²) >= 11 is 0. The Labute approximate surface area is 118 Å². The molecule has 106 valence electrons. The van der Waals surface area contributed by atoms with E-state index in [1.165, 1.54) is 0 Å². The number of hydrogen-bond donors (Lipinski definition) is 2. The first-order chi connectivity index (χ1) is 9.63. The fourth-order valence-corrected chi connectivity index (χ4v) is 2.08. The second-order valence-electron chi connectivity index (χ2n) is 5.10. The highest BCUT2D eigenvalue weighted by molar-refractivity contribution is 5.94. The first-order valence-electron chi connectivity index (χ1n) is 6.67. The summed E-state index contributed by atoms with van der Waals surface area (Å²) in [6.45, 7) is 3.68. The Morgan fingerprint density at radius 1 is 1.50 bits per heavy atom. The standard InChI is InChI=1S/C15H19N3O2/c1-15(4-7-20-8-5-15)18-14(19)13-9-12(3-2-6-16)10-17-11-13/h9-11H,4-8,16H2,1H3,(H,18,19). The molecule has 1 aliphatic rings. The third kappa shape index (κ3) is 3.80. The highest BCUT2D eigenvalue weighted by atomic mass is 16.5. The monoisotopic (exact) mass is 273 g/mol. The lowest BCUT2D eigenvalue weighted by Gasteiger charge is -2.34. The van der Waals surface area contributed by atoms with Crippen LogP contribution in [0, 0.1) is 11.8 Å². The fourth-order valence-electron chi connectivity index (χ4n) is 2.08. The predicted molar refractivity (Wildman–Crippen MR) is 76.1 cm³/mol. The molecule has 5 nitrogen and oxygen atoms in total. The number of hydrogen-bond acceptors (Lipinski definition) is 4. The van der Waals surface area contributed by atoms with Crippen LogP contribution in [0.25, 0.3) is 0 Å². The quantitative estimate of drug-likeness (QED) is 0.777. The van der Waals surface area contributed by atoms with Gasteiger partial charge in [-0.3, -0.25) is 9.78 Å². The molecular formula is C15H19N3O2. The highest BCUT2D eigenvalue weighted by Crippen LogP contribution is 2.20. The number of amides is 1. The fraction of sp³-hybridized carbons (Fsp3) is 0.467. The molecule has 1 saturated heterocycles. The molecule has 3 N–H and O–H groups in total. The van der Waals surface area contributed by atoms with Crippen LogP contribution in [-0.4, -0.2) is 36.2 Å². The van der Waals surface area contributed by atoms with Gasteiger partial charge in [0, 0.05) is 36.7 Å². The summed E-state index contributed by atoms with van der Waals surface area (Å²) in [5, 5.41) is 3.06. The van der Waals surface area contributed by atoms with E-state index in [0.717, 1.165) is 12.8 Å². The van der Waals surface area contributed by atoms with E-state index in [-0.39, 0.29) is 18.0 Å². The van der Waals surface area contributed by atoms with E-state index in [1.807, 2.05) is 6.92 Å². The Morgan fingerprint density at radius 2 is 2.25 bits per heavy atom. The second-order valence-corrected chi connectivity index (χ2v) is 5.10. The van der Waals surface area contributed by atoms with Gasteiger partial charge >= 0.3 is 0 Å². The molecule has 5 heteroatoms. The number of carbonyl (C=O) groups excluding carboxylic acids is 1. The molecule has 1 aromatic heterocycles. The summed E-state index contributed by atoms with van der Waals surface area (Å²) in [6.07, 6.45) is 4.80. The normalized spacial score (nSPS) is 16.9. The van der Waals surface area contributed by atoms with Crippen LogP contribution in [0.3, 0.4) is 0 Å². The first kappa shape index (κ1) is 14.5. The molecule has 0 spiro atoms. The van der Waals surface area contributed by atoms with Crippen LogP contribution in [0.2, 0.25) is 0 Å². The number of nitrogens with two attached hydrogens (primary N) is 1. The van der Waals surface area contributed by atoms with E-state index >= 15 is 0 Å². The van der Waals surface area contributed by atoms with E-state index in [4.69, 9.17) is 10.5 Å². The van der Waals surface area contributed by atoms with Crippen molar-refractivity contribution in [2.24, 2.45) is 5.73 Å². The topological polar surface area (TPSA) is 77.2 Å². The van der Waals surface area contributed by atoms with Crippen molar-refractivity contribution < 1.29 is 9.53 Å². The number of carbonyl (C=O) groups is 1. The van der Waals surface area contributed by atoms with E-state index in [0.29, 0.717) is 24.3 Å². The highest BCUT2D eigenvalue weighted by Gasteiger charge is 2.29. The maximum absolute atomic E-state index is 12.3. The van der Waals surface area contributed by atoms with Gasteiger partial charge in [-0.2, -0.15) is 0 Å². The molecule has 0 unspecified atom stereocenters. The van der Waals surface area contributed by atoms with Gasteiger partial charge < -0.3 is 15.8 Å². The smallest absolute Gasteiger partial charge is 0.253 e. The van der Waals surface area contributed by atoms with E-state index in [1.54, 1.807) is 18.5 Å². The SMILES string of the molecule is CC1(NC(=O)c2cncc(C#CCN)c2)CCOCC1. The van der Waals surface area contributed by atoms with E-state index in [2.05, 4.69) is 22.1 Å². The Hall–Kier alpha value is -1.90. The van der Waals surface area contributed by atoms with Gasteiger partial charge in [0.15, 0.2) is 0 Å². The number of rotatable bonds is 2. The summed E-state index contributed by atoms with van der Waals surface area (Å²) in [4.78, 5) is 16.3. The van der Waals surface area contributed by atoms with Crippen molar-refractivity contribution >= 4 is 5.91 Å². The van der Waals surface area contributed by atoms with Gasteiger partial charge in [0.25, 0.3) is 5.91 Å². The summed E-state index contributed by atoms with van der Waals surface area (Å²) in [5.74, 6) is 5.50. The van der Waals surface area contributed by atoms with Crippen molar-refractivity contribution in [3.8, 4) is 11.8 Å². The number of aromatic nitrogens is 1. The minimum atomic E-state index is -0.214. The van der Waals surface area contributed by atoms with Crippen molar-refractivity contribution in [2.75, 3.05) is 19.8 Å². The number of ether oxygens (including phenoxy) is 1. The van der Waals surface area contributed by atoms with Crippen molar-refractivity contribution in [3.05, 3.63) is 29.6 Å². The molecule has 0 saturated carbocycles. The summed E-state index contributed by atoms with van der Waals surface area (Å²) in [7, 11) is 0. The maximum Gasteiger partial charge on any atom is 0.253 e. The lowest BCUT2D eigenvalue weighted by Crippen LogP contribution is -2.49. The van der Waals surface area contributed by atoms with Crippen LogP contribution >= 0.6 is 0 Å². The lowest BCUT2D eigenvalue weighted by atomic mass is 9.92. The molecule has 0 aromatic carbocycles. The Kier molecular flexibility index (Phi) is 4.72. The Morgan fingerprint density at radius 3 is 2.95 bits per heavy atom. The summed E-state index contributed by atoms with van der Waals surface area (Å²) in [6, 6.07) is 1.73. The van der Waals surface area contributed by atoms with Gasteiger partial charge in [0.2, 0.25) is 0 Å². The molecule has 2 heterocycles. The van der Waals surface area contributed by atoms with Gasteiger partial charge in [-0.15, -0.1) is 0 Å². The van der Waals surface area contributed by atoms with Crippen molar-refractivity contribution in [1.29, 1.82) is 0 Å². The molecule has 1 aromatic rings. The van der Waals surface area contributed by atoms with Crippen LogP contribution < -0.4 is 11.1 Å². The molecule has 1 fully saturated rings. The van der Waals surface area contributed by atoms with Gasteiger partial charge in [0.05, 0.1) is 12.1 Å². The zero-order valence-electron chi connectivity index (χ0n) is 11.6. The molecule has 0 radical (unpaired) electrons. The largest absolute Gasteiger partial charge is 0.381 e. The summed E-state index contributed by atoms with van der Waals surface area (Å²) < 4.78 is 5.32. The van der Waals surface area contributed by atoms with Crippen LogP contribution in [0.15, 0.2) is 18.5 Å². The second kappa shape index (κ2) is 6.51. The molecule has 2 rings (SSSR count). The van der Waals surface area contributed by atoms with Gasteiger partial charge in [-0.25, -0.2) is 0 Å². The van der Waals surface area contributed by atoms with Gasteiger partial charge in [0.1, 0.15) is 0 Å². The van der Waals surface area contributed by atoms with E-state index in [9.17, 15) is 4.79 Å². The maximum atomic E-state index is 12.3. The van der Waals surface area contributed by atoms with Crippen molar-refractivity contribution in [2.45, 2.75) is 25.3 Å². The molecular weight excluding hydrogens is 254 g/mol. The average Bonchev–Trinajstić information content (AvgIpc) is 2.45. The average molecular weight is 273 g/mol. The molecule has 0 aliphatic carbocycles. The Bertz CT molecular complexity index is 540. The minimum absolute atomic E-state index is 0.127. The van der Waals surface area contributed by atoms with Gasteiger partial charge in [-0.1, -0.05) is 11.8 Å². The molecule has 20 heavy (non-hydrogen) atoms. The molecule has 1 amide bonds. The zero-order valence-corrected chi connectivity index (χ0v) is 11.6. The minimum Gasteiger partial charge on any atom is -0.381 e. The lowest BCUT2D eigenvalue weighted by molar-refractivity contribution is 0.0422. The number of pyridine rings is 1. The zero-order chi connectivity index (χ0) is 14.4. The summed E-state index contributed by atoms with van der Waals surface area (Å²) in [5.41, 5.74) is 6.33. The van der Waals surface area contributed by atoms with Crippen LogP contribution in [0.5, 0.6) is 0 Å². The van der Waals surface area contributed by atoms with Crippen molar-refractivity contribution in [1.82, 2.24) is 10.3 Å². The molecule has 0 atom stereocenters. The Balaban J connectivity index is 2.08. The predicted octanol–water partition coefficient (Wildman–Crippen LogP) is 0.691.